The van der Waals surface area contributed by atoms with E-state index in [1.165, 1.54) is 0 Å². The van der Waals surface area contributed by atoms with Crippen LogP contribution >= 0.6 is 0 Å². The Morgan fingerprint density at radius 3 is 2.33 bits per heavy atom. The Bertz CT molecular complexity index is 436. The number of sulfone groups is 1. The van der Waals surface area contributed by atoms with Gasteiger partial charge in [0.15, 0.2) is 0 Å². The summed E-state index contributed by atoms with van der Waals surface area (Å²) < 4.78 is 22.1. The minimum absolute atomic E-state index is 0.101. The first-order valence-corrected chi connectivity index (χ1v) is 9.14. The fraction of sp³-hybridized carbons (Fsp3) is 0.846. The predicted molar refractivity (Wildman–Crippen MR) is 81.0 cm³/mol. The van der Waals surface area contributed by atoms with Crippen molar-refractivity contribution >= 4 is 21.8 Å². The highest BCUT2D eigenvalue weighted by Gasteiger charge is 2.13. The molecule has 3 N–H and O–H groups in total. The number of aliphatic carboxylic acids is 1. The summed E-state index contributed by atoms with van der Waals surface area (Å²) >= 11 is 0. The van der Waals surface area contributed by atoms with Crippen molar-refractivity contribution in [2.45, 2.75) is 45.6 Å². The second-order valence-corrected chi connectivity index (χ2v) is 7.57. The summed E-state index contributed by atoms with van der Waals surface area (Å²) in [5.41, 5.74) is 0. The molecule has 0 saturated heterocycles. The van der Waals surface area contributed by atoms with Crippen LogP contribution in [-0.2, 0) is 14.6 Å². The number of carbonyl (C=O) groups excluding carboxylic acids is 1. The molecule has 8 heteroatoms. The Morgan fingerprint density at radius 2 is 1.86 bits per heavy atom. The van der Waals surface area contributed by atoms with E-state index in [0.29, 0.717) is 19.4 Å². The van der Waals surface area contributed by atoms with Gasteiger partial charge in [0, 0.05) is 25.3 Å². The zero-order valence-electron chi connectivity index (χ0n) is 12.9. The van der Waals surface area contributed by atoms with Crippen molar-refractivity contribution in [1.29, 1.82) is 0 Å². The molecule has 0 aliphatic heterocycles. The van der Waals surface area contributed by atoms with E-state index in [0.717, 1.165) is 12.7 Å². The van der Waals surface area contributed by atoms with Crippen molar-refractivity contribution in [2.75, 3.05) is 18.6 Å². The lowest BCUT2D eigenvalue weighted by Gasteiger charge is -2.16. The molecular formula is C13H26N2O5S. The first-order valence-electron chi connectivity index (χ1n) is 7.08. The molecule has 0 aliphatic rings. The molecule has 0 aromatic heterocycles. The van der Waals surface area contributed by atoms with Crippen LogP contribution in [0.1, 0.15) is 39.5 Å². The first-order chi connectivity index (χ1) is 9.64. The van der Waals surface area contributed by atoms with Crippen molar-refractivity contribution < 1.29 is 23.1 Å². The monoisotopic (exact) mass is 322 g/mol. The van der Waals surface area contributed by atoms with E-state index in [-0.39, 0.29) is 18.1 Å². The largest absolute Gasteiger partial charge is 0.481 e. The Morgan fingerprint density at radius 1 is 1.24 bits per heavy atom. The molecule has 7 nitrogen and oxygen atoms in total. The van der Waals surface area contributed by atoms with E-state index in [1.807, 2.05) is 6.92 Å². The van der Waals surface area contributed by atoms with Crippen molar-refractivity contribution in [1.82, 2.24) is 10.6 Å². The van der Waals surface area contributed by atoms with E-state index in [9.17, 15) is 18.0 Å². The fourth-order valence-corrected chi connectivity index (χ4v) is 3.03. The maximum atomic E-state index is 11.6. The summed E-state index contributed by atoms with van der Waals surface area (Å²) in [5.74, 6) is -0.653. The van der Waals surface area contributed by atoms with Crippen molar-refractivity contribution in [2.24, 2.45) is 5.92 Å². The molecule has 124 valence electrons. The number of hydrogen-bond donors (Lipinski definition) is 3. The normalized spacial score (nSPS) is 14.2. The summed E-state index contributed by atoms with van der Waals surface area (Å²) in [6, 6.07) is -0.853. The maximum absolute atomic E-state index is 11.6. The van der Waals surface area contributed by atoms with Crippen LogP contribution in [0, 0.1) is 5.92 Å². The van der Waals surface area contributed by atoms with Gasteiger partial charge in [-0.25, -0.2) is 13.2 Å². The van der Waals surface area contributed by atoms with E-state index in [4.69, 9.17) is 5.11 Å². The lowest BCUT2D eigenvalue weighted by atomic mass is 9.97. The van der Waals surface area contributed by atoms with Gasteiger partial charge in [0.1, 0.15) is 9.84 Å². The van der Waals surface area contributed by atoms with Crippen LogP contribution in [0.25, 0.3) is 0 Å². The van der Waals surface area contributed by atoms with E-state index >= 15 is 0 Å². The van der Waals surface area contributed by atoms with Crippen LogP contribution in [0.5, 0.6) is 0 Å². The molecule has 0 spiro atoms. The molecule has 2 amide bonds. The zero-order chi connectivity index (χ0) is 16.5. The van der Waals surface area contributed by atoms with Gasteiger partial charge in [0.25, 0.3) is 0 Å². The number of amides is 2. The van der Waals surface area contributed by atoms with Gasteiger partial charge in [-0.3, -0.25) is 4.79 Å². The predicted octanol–water partition coefficient (Wildman–Crippen LogP) is 1.000. The highest BCUT2D eigenvalue weighted by Crippen LogP contribution is 2.14. The third-order valence-corrected chi connectivity index (χ3v) is 4.22. The van der Waals surface area contributed by atoms with Crippen molar-refractivity contribution in [3.8, 4) is 0 Å². The van der Waals surface area contributed by atoms with E-state index in [2.05, 4.69) is 10.6 Å². The number of carbonyl (C=O) groups is 2. The topological polar surface area (TPSA) is 113 Å². The SMILES string of the molecule is CCC(CCNC(=O)NC(C)CS(C)(=O)=O)CCC(=O)O. The molecule has 0 saturated carbocycles. The molecule has 0 fully saturated rings. The lowest BCUT2D eigenvalue weighted by Crippen LogP contribution is -2.44. The number of hydrogen-bond acceptors (Lipinski definition) is 4. The second-order valence-electron chi connectivity index (χ2n) is 5.39. The molecule has 21 heavy (non-hydrogen) atoms. The third kappa shape index (κ3) is 12.2. The Labute approximate surface area is 126 Å². The van der Waals surface area contributed by atoms with Gasteiger partial charge < -0.3 is 15.7 Å². The van der Waals surface area contributed by atoms with E-state index in [1.54, 1.807) is 6.92 Å². The fourth-order valence-electron chi connectivity index (χ4n) is 2.04. The van der Waals surface area contributed by atoms with Gasteiger partial charge in [-0.2, -0.15) is 0 Å². The maximum Gasteiger partial charge on any atom is 0.315 e. The number of rotatable bonds is 10. The van der Waals surface area contributed by atoms with Gasteiger partial charge in [-0.1, -0.05) is 13.3 Å². The number of nitrogens with one attached hydrogen (secondary N) is 2. The minimum Gasteiger partial charge on any atom is -0.481 e. The van der Waals surface area contributed by atoms with Gasteiger partial charge >= 0.3 is 12.0 Å². The van der Waals surface area contributed by atoms with E-state index < -0.39 is 27.9 Å². The summed E-state index contributed by atoms with van der Waals surface area (Å²) in [4.78, 5) is 22.1. The molecule has 0 aromatic carbocycles. The Hall–Kier alpha value is -1.31. The molecule has 0 rings (SSSR count). The van der Waals surface area contributed by atoms with Crippen LogP contribution in [0.3, 0.4) is 0 Å². The van der Waals surface area contributed by atoms with Crippen molar-refractivity contribution in [3.63, 3.8) is 0 Å². The summed E-state index contributed by atoms with van der Waals surface area (Å²) in [5, 5.41) is 13.8. The average molecular weight is 322 g/mol. The number of urea groups is 1. The van der Waals surface area contributed by atoms with Crippen LogP contribution < -0.4 is 10.6 Å². The smallest absolute Gasteiger partial charge is 0.315 e. The highest BCUT2D eigenvalue weighted by atomic mass is 32.2. The number of carboxylic acid groups (broad SMARTS) is 1. The zero-order valence-corrected chi connectivity index (χ0v) is 13.7. The quantitative estimate of drug-likeness (QED) is 0.555. The molecule has 0 bridgehead atoms. The summed E-state index contributed by atoms with van der Waals surface area (Å²) in [6.07, 6.45) is 3.42. The van der Waals surface area contributed by atoms with Gasteiger partial charge in [-0.15, -0.1) is 0 Å². The number of carboxylic acids is 1. The molecular weight excluding hydrogens is 296 g/mol. The minimum atomic E-state index is -3.12. The Kier molecular flexibility index (Phi) is 9.00. The lowest BCUT2D eigenvalue weighted by molar-refractivity contribution is -0.137. The standard InChI is InChI=1S/C13H26N2O5S/c1-4-11(5-6-12(16)17)7-8-14-13(18)15-10(2)9-21(3,19)20/h10-11H,4-9H2,1-3H3,(H,16,17)(H2,14,15,18). The average Bonchev–Trinajstić information content (AvgIpc) is 2.30. The summed E-state index contributed by atoms with van der Waals surface area (Å²) in [6.45, 7) is 4.05. The molecule has 0 heterocycles. The van der Waals surface area contributed by atoms with Crippen LogP contribution in [0.15, 0.2) is 0 Å². The molecule has 0 radical (unpaired) electrons. The molecule has 2 unspecified atom stereocenters. The first kappa shape index (κ1) is 19.7. The highest BCUT2D eigenvalue weighted by molar-refractivity contribution is 7.90. The molecule has 0 aliphatic carbocycles. The van der Waals surface area contributed by atoms with Crippen LogP contribution in [-0.4, -0.2) is 50.1 Å². The third-order valence-electron chi connectivity index (χ3n) is 3.11. The van der Waals surface area contributed by atoms with Gasteiger partial charge in [-0.05, 0) is 25.7 Å². The Balaban J connectivity index is 3.94. The van der Waals surface area contributed by atoms with Gasteiger partial charge in [0.2, 0.25) is 0 Å². The van der Waals surface area contributed by atoms with Crippen molar-refractivity contribution in [3.05, 3.63) is 0 Å². The molecule has 2 atom stereocenters. The second kappa shape index (κ2) is 9.59. The van der Waals surface area contributed by atoms with Crippen LogP contribution in [0.4, 0.5) is 4.79 Å². The molecule has 0 aromatic rings. The van der Waals surface area contributed by atoms with Gasteiger partial charge in [0.05, 0.1) is 5.75 Å². The summed E-state index contributed by atoms with van der Waals surface area (Å²) in [7, 11) is -3.12. The van der Waals surface area contributed by atoms with Crippen LogP contribution in [0.2, 0.25) is 0 Å².